The van der Waals surface area contributed by atoms with E-state index in [-0.39, 0.29) is 17.6 Å². The highest BCUT2D eigenvalue weighted by Gasteiger charge is 2.25. The van der Waals surface area contributed by atoms with Crippen molar-refractivity contribution in [1.29, 1.82) is 0 Å². The maximum Gasteiger partial charge on any atom is 0.237 e. The molecular formula is C17H26FN3O. The molecule has 1 aliphatic rings. The number of hydrogen-bond donors (Lipinski definition) is 2. The van der Waals surface area contributed by atoms with E-state index in [2.05, 4.69) is 10.2 Å². The highest BCUT2D eigenvalue weighted by Crippen LogP contribution is 2.23. The SMILES string of the molecule is CCC(C)C(N)C(=O)NCC1CCN(c2ccc(F)cc2)C1. The standard InChI is InChI=1S/C17H26FN3O/c1-3-12(2)16(19)17(22)20-10-13-8-9-21(11-13)15-6-4-14(18)5-7-15/h4-7,12-13,16H,3,8-11,19H2,1-2H3,(H,20,22). The lowest BCUT2D eigenvalue weighted by molar-refractivity contribution is -0.123. The van der Waals surface area contributed by atoms with Gasteiger partial charge in [0.1, 0.15) is 5.82 Å². The van der Waals surface area contributed by atoms with E-state index in [9.17, 15) is 9.18 Å². The highest BCUT2D eigenvalue weighted by atomic mass is 19.1. The van der Waals surface area contributed by atoms with Gasteiger partial charge in [-0.1, -0.05) is 20.3 Å². The fourth-order valence-electron chi connectivity index (χ4n) is 2.76. The van der Waals surface area contributed by atoms with Gasteiger partial charge in [0.25, 0.3) is 0 Å². The zero-order valence-electron chi connectivity index (χ0n) is 13.4. The third-order valence-corrected chi connectivity index (χ3v) is 4.60. The van der Waals surface area contributed by atoms with Crippen molar-refractivity contribution in [1.82, 2.24) is 5.32 Å². The van der Waals surface area contributed by atoms with Crippen molar-refractivity contribution in [3.8, 4) is 0 Å². The summed E-state index contributed by atoms with van der Waals surface area (Å²) in [6.07, 6.45) is 1.92. The number of nitrogens with one attached hydrogen (secondary N) is 1. The second-order valence-electron chi connectivity index (χ2n) is 6.23. The summed E-state index contributed by atoms with van der Waals surface area (Å²) in [5.41, 5.74) is 6.96. The molecule has 0 aromatic heterocycles. The number of anilines is 1. The van der Waals surface area contributed by atoms with E-state index >= 15 is 0 Å². The first-order valence-corrected chi connectivity index (χ1v) is 8.05. The van der Waals surface area contributed by atoms with E-state index in [0.29, 0.717) is 12.5 Å². The lowest BCUT2D eigenvalue weighted by Crippen LogP contribution is -2.46. The van der Waals surface area contributed by atoms with Gasteiger partial charge < -0.3 is 16.0 Å². The van der Waals surface area contributed by atoms with E-state index in [1.54, 1.807) is 12.1 Å². The lowest BCUT2D eigenvalue weighted by Gasteiger charge is -2.20. The molecule has 2 rings (SSSR count). The Bertz CT molecular complexity index is 491. The molecule has 0 saturated carbocycles. The van der Waals surface area contributed by atoms with Gasteiger partial charge in [0.05, 0.1) is 6.04 Å². The fraction of sp³-hybridized carbons (Fsp3) is 0.588. The predicted molar refractivity (Wildman–Crippen MR) is 87.2 cm³/mol. The third-order valence-electron chi connectivity index (χ3n) is 4.60. The van der Waals surface area contributed by atoms with Gasteiger partial charge in [0.15, 0.2) is 0 Å². The molecule has 0 spiro atoms. The third kappa shape index (κ3) is 4.19. The number of amides is 1. The summed E-state index contributed by atoms with van der Waals surface area (Å²) in [6.45, 7) is 6.50. The number of nitrogens with two attached hydrogens (primary N) is 1. The number of rotatable bonds is 6. The molecule has 1 fully saturated rings. The molecule has 0 radical (unpaired) electrons. The summed E-state index contributed by atoms with van der Waals surface area (Å²) in [4.78, 5) is 14.2. The number of benzene rings is 1. The molecule has 1 amide bonds. The van der Waals surface area contributed by atoms with Crippen LogP contribution in [0.5, 0.6) is 0 Å². The molecule has 1 saturated heterocycles. The van der Waals surface area contributed by atoms with Gasteiger partial charge in [-0.05, 0) is 42.5 Å². The first-order chi connectivity index (χ1) is 10.5. The van der Waals surface area contributed by atoms with Crippen LogP contribution in [0.25, 0.3) is 0 Å². The van der Waals surface area contributed by atoms with Gasteiger partial charge in [0.2, 0.25) is 5.91 Å². The van der Waals surface area contributed by atoms with E-state index in [0.717, 1.165) is 31.6 Å². The first kappa shape index (κ1) is 16.7. The summed E-state index contributed by atoms with van der Waals surface area (Å²) in [7, 11) is 0. The second kappa shape index (κ2) is 7.58. The molecular weight excluding hydrogens is 281 g/mol. The zero-order valence-corrected chi connectivity index (χ0v) is 13.4. The average molecular weight is 307 g/mol. The van der Waals surface area contributed by atoms with Crippen LogP contribution in [0.1, 0.15) is 26.7 Å². The number of carbonyl (C=O) groups excluding carboxylic acids is 1. The molecule has 3 unspecified atom stereocenters. The molecule has 0 aliphatic carbocycles. The number of carbonyl (C=O) groups is 1. The van der Waals surface area contributed by atoms with Crippen LogP contribution in [0.2, 0.25) is 0 Å². The van der Waals surface area contributed by atoms with Crippen molar-refractivity contribution in [3.05, 3.63) is 30.1 Å². The maximum atomic E-state index is 13.0. The molecule has 4 nitrogen and oxygen atoms in total. The van der Waals surface area contributed by atoms with Crippen molar-refractivity contribution in [2.45, 2.75) is 32.7 Å². The van der Waals surface area contributed by atoms with Gasteiger partial charge in [-0.3, -0.25) is 4.79 Å². The smallest absolute Gasteiger partial charge is 0.237 e. The van der Waals surface area contributed by atoms with E-state index < -0.39 is 6.04 Å². The Morgan fingerprint density at radius 1 is 1.45 bits per heavy atom. The van der Waals surface area contributed by atoms with E-state index in [1.807, 2.05) is 13.8 Å². The Hall–Kier alpha value is -1.62. The van der Waals surface area contributed by atoms with Crippen LogP contribution in [-0.2, 0) is 4.79 Å². The summed E-state index contributed by atoms with van der Waals surface area (Å²) in [5, 5.41) is 2.97. The Labute approximate surface area is 131 Å². The van der Waals surface area contributed by atoms with Crippen molar-refractivity contribution >= 4 is 11.6 Å². The zero-order chi connectivity index (χ0) is 16.1. The monoisotopic (exact) mass is 307 g/mol. The van der Waals surface area contributed by atoms with Crippen LogP contribution in [-0.4, -0.2) is 31.6 Å². The van der Waals surface area contributed by atoms with Crippen LogP contribution in [0.15, 0.2) is 24.3 Å². The average Bonchev–Trinajstić information content (AvgIpc) is 3.00. The summed E-state index contributed by atoms with van der Waals surface area (Å²) >= 11 is 0. The molecule has 1 aromatic carbocycles. The second-order valence-corrected chi connectivity index (χ2v) is 6.23. The number of halogens is 1. The quantitative estimate of drug-likeness (QED) is 0.846. The van der Waals surface area contributed by atoms with Gasteiger partial charge in [-0.2, -0.15) is 0 Å². The van der Waals surface area contributed by atoms with Gasteiger partial charge in [-0.25, -0.2) is 4.39 Å². The topological polar surface area (TPSA) is 58.4 Å². The van der Waals surface area contributed by atoms with Crippen LogP contribution < -0.4 is 16.0 Å². The number of hydrogen-bond acceptors (Lipinski definition) is 3. The molecule has 3 atom stereocenters. The van der Waals surface area contributed by atoms with Crippen LogP contribution in [0.4, 0.5) is 10.1 Å². The maximum absolute atomic E-state index is 13.0. The van der Waals surface area contributed by atoms with Crippen molar-refractivity contribution in [3.63, 3.8) is 0 Å². The number of nitrogens with zero attached hydrogens (tertiary/aromatic N) is 1. The minimum Gasteiger partial charge on any atom is -0.371 e. The summed E-state index contributed by atoms with van der Waals surface area (Å²) < 4.78 is 13.0. The van der Waals surface area contributed by atoms with Gasteiger partial charge in [-0.15, -0.1) is 0 Å². The molecule has 1 aromatic rings. The van der Waals surface area contributed by atoms with E-state index in [4.69, 9.17) is 5.73 Å². The lowest BCUT2D eigenvalue weighted by atomic mass is 9.99. The normalized spacial score (nSPS) is 20.7. The van der Waals surface area contributed by atoms with Crippen molar-refractivity contribution in [2.75, 3.05) is 24.5 Å². The van der Waals surface area contributed by atoms with E-state index in [1.165, 1.54) is 12.1 Å². The molecule has 22 heavy (non-hydrogen) atoms. The van der Waals surface area contributed by atoms with Crippen LogP contribution in [0.3, 0.4) is 0 Å². The summed E-state index contributed by atoms with van der Waals surface area (Å²) in [5.74, 6) is 0.331. The minimum absolute atomic E-state index is 0.0606. The Balaban J connectivity index is 1.79. The molecule has 5 heteroatoms. The predicted octanol–water partition coefficient (Wildman–Crippen LogP) is 2.14. The Morgan fingerprint density at radius 3 is 2.77 bits per heavy atom. The molecule has 3 N–H and O–H groups in total. The molecule has 0 bridgehead atoms. The molecule has 1 heterocycles. The highest BCUT2D eigenvalue weighted by molar-refractivity contribution is 5.81. The Morgan fingerprint density at radius 2 is 2.14 bits per heavy atom. The molecule has 122 valence electrons. The largest absolute Gasteiger partial charge is 0.371 e. The molecule has 1 aliphatic heterocycles. The van der Waals surface area contributed by atoms with Crippen molar-refractivity contribution < 1.29 is 9.18 Å². The Kier molecular flexibility index (Phi) is 5.77. The minimum atomic E-state index is -0.431. The summed E-state index contributed by atoms with van der Waals surface area (Å²) in [6, 6.07) is 6.13. The van der Waals surface area contributed by atoms with Gasteiger partial charge >= 0.3 is 0 Å². The van der Waals surface area contributed by atoms with Crippen LogP contribution >= 0.6 is 0 Å². The van der Waals surface area contributed by atoms with Crippen molar-refractivity contribution in [2.24, 2.45) is 17.6 Å². The van der Waals surface area contributed by atoms with Crippen LogP contribution in [0, 0.1) is 17.7 Å². The fourth-order valence-corrected chi connectivity index (χ4v) is 2.76. The first-order valence-electron chi connectivity index (χ1n) is 8.05. The van der Waals surface area contributed by atoms with Gasteiger partial charge in [0, 0.05) is 25.3 Å².